The van der Waals surface area contributed by atoms with E-state index in [0.717, 1.165) is 25.6 Å². The van der Waals surface area contributed by atoms with E-state index >= 15 is 0 Å². The van der Waals surface area contributed by atoms with Crippen LogP contribution in [-0.4, -0.2) is 50.3 Å². The number of likely N-dealkylation sites (tertiary alicyclic amines) is 1. The molecule has 2 heterocycles. The molecular weight excluding hydrogens is 200 g/mol. The van der Waals surface area contributed by atoms with Crippen LogP contribution in [0.4, 0.5) is 0 Å². The zero-order valence-corrected chi connectivity index (χ0v) is 10.6. The molecule has 0 radical (unpaired) electrons. The first kappa shape index (κ1) is 12.3. The van der Waals surface area contributed by atoms with Crippen LogP contribution in [0.25, 0.3) is 0 Å². The third kappa shape index (κ3) is 4.04. The average molecular weight is 226 g/mol. The minimum Gasteiger partial charge on any atom is -0.377 e. The number of rotatable bonds is 5. The summed E-state index contributed by atoms with van der Waals surface area (Å²) in [6.45, 7) is 9.29. The third-order valence-electron chi connectivity index (χ3n) is 3.74. The van der Waals surface area contributed by atoms with Crippen molar-refractivity contribution in [2.75, 3.05) is 39.3 Å². The van der Waals surface area contributed by atoms with Gasteiger partial charge in [-0.05, 0) is 38.1 Å². The van der Waals surface area contributed by atoms with E-state index in [0.29, 0.717) is 6.10 Å². The van der Waals surface area contributed by atoms with Crippen LogP contribution < -0.4 is 5.32 Å². The Balaban J connectivity index is 1.50. The predicted molar refractivity (Wildman–Crippen MR) is 66.7 cm³/mol. The van der Waals surface area contributed by atoms with Crippen LogP contribution in [0.3, 0.4) is 0 Å². The molecule has 0 aromatic heterocycles. The van der Waals surface area contributed by atoms with Gasteiger partial charge >= 0.3 is 0 Å². The fourth-order valence-electron chi connectivity index (χ4n) is 2.80. The standard InChI is InChI=1S/C13H26N2O/c1-12-4-2-7-15(11-12)8-6-14-10-13-5-3-9-16-13/h12-14H,2-11H2,1H3. The highest BCUT2D eigenvalue weighted by Gasteiger charge is 2.16. The van der Waals surface area contributed by atoms with Crippen LogP contribution in [0, 0.1) is 5.92 Å². The zero-order chi connectivity index (χ0) is 11.2. The summed E-state index contributed by atoms with van der Waals surface area (Å²) in [6, 6.07) is 0. The monoisotopic (exact) mass is 226 g/mol. The molecule has 3 nitrogen and oxygen atoms in total. The molecule has 0 spiro atoms. The molecular formula is C13H26N2O. The predicted octanol–water partition coefficient (Wildman–Crippen LogP) is 1.49. The lowest BCUT2D eigenvalue weighted by Crippen LogP contribution is -2.40. The molecule has 0 amide bonds. The Morgan fingerprint density at radius 1 is 1.31 bits per heavy atom. The highest BCUT2D eigenvalue weighted by atomic mass is 16.5. The highest BCUT2D eigenvalue weighted by molar-refractivity contribution is 4.72. The zero-order valence-electron chi connectivity index (χ0n) is 10.6. The van der Waals surface area contributed by atoms with Crippen molar-refractivity contribution in [3.63, 3.8) is 0 Å². The first-order valence-electron chi connectivity index (χ1n) is 6.89. The first-order valence-corrected chi connectivity index (χ1v) is 6.89. The second-order valence-corrected chi connectivity index (χ2v) is 5.39. The summed E-state index contributed by atoms with van der Waals surface area (Å²) in [6.07, 6.45) is 5.77. The first-order chi connectivity index (χ1) is 7.84. The molecule has 0 aliphatic carbocycles. The maximum atomic E-state index is 5.59. The molecule has 2 atom stereocenters. The van der Waals surface area contributed by atoms with Gasteiger partial charge in [0.1, 0.15) is 0 Å². The maximum absolute atomic E-state index is 5.59. The molecule has 2 aliphatic rings. The Kier molecular flexibility index (Phi) is 5.07. The van der Waals surface area contributed by atoms with E-state index in [-0.39, 0.29) is 0 Å². The number of ether oxygens (including phenoxy) is 1. The van der Waals surface area contributed by atoms with Gasteiger partial charge < -0.3 is 15.0 Å². The van der Waals surface area contributed by atoms with Crippen LogP contribution in [-0.2, 0) is 4.74 Å². The lowest BCUT2D eigenvalue weighted by Gasteiger charge is -2.30. The van der Waals surface area contributed by atoms with Gasteiger partial charge in [0.2, 0.25) is 0 Å². The Hall–Kier alpha value is -0.120. The Morgan fingerprint density at radius 3 is 3.00 bits per heavy atom. The number of hydrogen-bond donors (Lipinski definition) is 1. The molecule has 2 aliphatic heterocycles. The van der Waals surface area contributed by atoms with E-state index in [1.807, 2.05) is 0 Å². The Labute approximate surface area is 99.5 Å². The summed E-state index contributed by atoms with van der Waals surface area (Å²) >= 11 is 0. The van der Waals surface area contributed by atoms with Crippen molar-refractivity contribution in [1.29, 1.82) is 0 Å². The van der Waals surface area contributed by atoms with Gasteiger partial charge in [-0.25, -0.2) is 0 Å². The number of piperidine rings is 1. The molecule has 16 heavy (non-hydrogen) atoms. The van der Waals surface area contributed by atoms with Crippen molar-refractivity contribution in [2.24, 2.45) is 5.92 Å². The topological polar surface area (TPSA) is 24.5 Å². The Morgan fingerprint density at radius 2 is 2.25 bits per heavy atom. The molecule has 0 saturated carbocycles. The molecule has 2 fully saturated rings. The maximum Gasteiger partial charge on any atom is 0.0700 e. The number of nitrogens with one attached hydrogen (secondary N) is 1. The van der Waals surface area contributed by atoms with Crippen molar-refractivity contribution in [2.45, 2.75) is 38.7 Å². The quantitative estimate of drug-likeness (QED) is 0.719. The Bertz CT molecular complexity index is 192. The summed E-state index contributed by atoms with van der Waals surface area (Å²) in [7, 11) is 0. The fraction of sp³-hybridized carbons (Fsp3) is 1.00. The summed E-state index contributed by atoms with van der Waals surface area (Å²) in [5.41, 5.74) is 0. The largest absolute Gasteiger partial charge is 0.377 e. The van der Waals surface area contributed by atoms with Gasteiger partial charge in [-0.15, -0.1) is 0 Å². The molecule has 3 heteroatoms. The van der Waals surface area contributed by atoms with Crippen molar-refractivity contribution < 1.29 is 4.74 Å². The van der Waals surface area contributed by atoms with Gasteiger partial charge in [-0.1, -0.05) is 6.92 Å². The molecule has 0 aromatic carbocycles. The second kappa shape index (κ2) is 6.58. The van der Waals surface area contributed by atoms with Gasteiger partial charge in [-0.3, -0.25) is 0 Å². The van der Waals surface area contributed by atoms with Gasteiger partial charge in [0.05, 0.1) is 6.10 Å². The summed E-state index contributed by atoms with van der Waals surface area (Å²) in [4.78, 5) is 2.59. The van der Waals surface area contributed by atoms with E-state index in [1.54, 1.807) is 0 Å². The van der Waals surface area contributed by atoms with Gasteiger partial charge in [0.15, 0.2) is 0 Å². The summed E-state index contributed by atoms with van der Waals surface area (Å²) in [5.74, 6) is 0.895. The van der Waals surface area contributed by atoms with E-state index in [2.05, 4.69) is 17.1 Å². The van der Waals surface area contributed by atoms with Gasteiger partial charge in [0, 0.05) is 32.8 Å². The lowest BCUT2D eigenvalue weighted by molar-refractivity contribution is 0.108. The molecule has 2 unspecified atom stereocenters. The van der Waals surface area contributed by atoms with Crippen LogP contribution in [0.15, 0.2) is 0 Å². The third-order valence-corrected chi connectivity index (χ3v) is 3.74. The minimum absolute atomic E-state index is 0.486. The van der Waals surface area contributed by atoms with Crippen LogP contribution in [0.5, 0.6) is 0 Å². The van der Waals surface area contributed by atoms with Crippen LogP contribution in [0.1, 0.15) is 32.6 Å². The van der Waals surface area contributed by atoms with Crippen molar-refractivity contribution in [3.8, 4) is 0 Å². The fourth-order valence-corrected chi connectivity index (χ4v) is 2.80. The summed E-state index contributed by atoms with van der Waals surface area (Å²) in [5, 5.41) is 3.52. The highest BCUT2D eigenvalue weighted by Crippen LogP contribution is 2.14. The smallest absolute Gasteiger partial charge is 0.0700 e. The molecule has 2 saturated heterocycles. The average Bonchev–Trinajstić information content (AvgIpc) is 2.77. The second-order valence-electron chi connectivity index (χ2n) is 5.39. The lowest BCUT2D eigenvalue weighted by atomic mass is 10.0. The molecule has 0 bridgehead atoms. The van der Waals surface area contributed by atoms with Gasteiger partial charge in [-0.2, -0.15) is 0 Å². The number of nitrogens with zero attached hydrogens (tertiary/aromatic N) is 1. The van der Waals surface area contributed by atoms with Crippen molar-refractivity contribution in [3.05, 3.63) is 0 Å². The van der Waals surface area contributed by atoms with E-state index in [1.165, 1.54) is 45.3 Å². The van der Waals surface area contributed by atoms with Gasteiger partial charge in [0.25, 0.3) is 0 Å². The van der Waals surface area contributed by atoms with E-state index < -0.39 is 0 Å². The summed E-state index contributed by atoms with van der Waals surface area (Å²) < 4.78 is 5.59. The normalized spacial score (nSPS) is 32.1. The molecule has 94 valence electrons. The van der Waals surface area contributed by atoms with Crippen molar-refractivity contribution in [1.82, 2.24) is 10.2 Å². The minimum atomic E-state index is 0.486. The van der Waals surface area contributed by atoms with Crippen molar-refractivity contribution >= 4 is 0 Å². The van der Waals surface area contributed by atoms with E-state index in [9.17, 15) is 0 Å². The SMILES string of the molecule is CC1CCCN(CCNCC2CCCO2)C1. The molecule has 1 N–H and O–H groups in total. The van der Waals surface area contributed by atoms with Crippen LogP contribution >= 0.6 is 0 Å². The van der Waals surface area contributed by atoms with E-state index in [4.69, 9.17) is 4.74 Å². The van der Waals surface area contributed by atoms with Crippen LogP contribution in [0.2, 0.25) is 0 Å². The molecule has 0 aromatic rings. The number of hydrogen-bond acceptors (Lipinski definition) is 3. The molecule has 2 rings (SSSR count).